The molecule has 2 aromatic carbocycles. The number of nitrogens with zero attached hydrogens (tertiary/aromatic N) is 1. The second kappa shape index (κ2) is 8.10. The van der Waals surface area contributed by atoms with E-state index in [0.29, 0.717) is 24.5 Å². The standard InChI is InChI=1S/C20H25N3O3S/c1-15-5-8-17(21)14-19(15)22-20(24)13-16-6-9-18(10-7-16)27(25,26)23-11-3-2-4-12-23/h5-10,14H,2-4,11-13,21H2,1H3,(H,22,24). The topological polar surface area (TPSA) is 92.5 Å². The van der Waals surface area contributed by atoms with Gasteiger partial charge in [0.25, 0.3) is 0 Å². The summed E-state index contributed by atoms with van der Waals surface area (Å²) in [5.41, 5.74) is 8.72. The van der Waals surface area contributed by atoms with Crippen LogP contribution in [0.3, 0.4) is 0 Å². The van der Waals surface area contributed by atoms with Crippen LogP contribution in [0, 0.1) is 6.92 Å². The lowest BCUT2D eigenvalue weighted by molar-refractivity contribution is -0.115. The van der Waals surface area contributed by atoms with Crippen LogP contribution < -0.4 is 11.1 Å². The predicted molar refractivity (Wildman–Crippen MR) is 107 cm³/mol. The van der Waals surface area contributed by atoms with Crippen LogP contribution >= 0.6 is 0 Å². The normalized spacial score (nSPS) is 15.4. The minimum Gasteiger partial charge on any atom is -0.399 e. The Morgan fingerprint density at radius 1 is 1.07 bits per heavy atom. The van der Waals surface area contributed by atoms with Gasteiger partial charge < -0.3 is 11.1 Å². The van der Waals surface area contributed by atoms with Gasteiger partial charge in [-0.25, -0.2) is 8.42 Å². The number of aryl methyl sites for hydroxylation is 1. The summed E-state index contributed by atoms with van der Waals surface area (Å²) >= 11 is 0. The highest BCUT2D eigenvalue weighted by Gasteiger charge is 2.25. The van der Waals surface area contributed by atoms with Crippen LogP contribution in [-0.2, 0) is 21.2 Å². The van der Waals surface area contributed by atoms with E-state index >= 15 is 0 Å². The summed E-state index contributed by atoms with van der Waals surface area (Å²) in [6.45, 7) is 3.05. The van der Waals surface area contributed by atoms with Gasteiger partial charge in [0, 0.05) is 24.5 Å². The monoisotopic (exact) mass is 387 g/mol. The number of nitrogen functional groups attached to an aromatic ring is 1. The highest BCUT2D eigenvalue weighted by atomic mass is 32.2. The fourth-order valence-electron chi connectivity index (χ4n) is 3.19. The van der Waals surface area contributed by atoms with Crippen molar-refractivity contribution in [2.75, 3.05) is 24.1 Å². The number of amides is 1. The largest absolute Gasteiger partial charge is 0.399 e. The first-order chi connectivity index (χ1) is 12.9. The number of benzene rings is 2. The molecule has 1 fully saturated rings. The van der Waals surface area contributed by atoms with Gasteiger partial charge in [0.15, 0.2) is 0 Å². The lowest BCUT2D eigenvalue weighted by Crippen LogP contribution is -2.35. The minimum absolute atomic E-state index is 0.165. The van der Waals surface area contributed by atoms with Crippen molar-refractivity contribution in [3.8, 4) is 0 Å². The molecule has 0 radical (unpaired) electrons. The Kier molecular flexibility index (Phi) is 5.82. The average Bonchev–Trinajstić information content (AvgIpc) is 2.66. The van der Waals surface area contributed by atoms with Crippen LogP contribution in [0.5, 0.6) is 0 Å². The third-order valence-electron chi connectivity index (χ3n) is 4.78. The van der Waals surface area contributed by atoms with Crippen LogP contribution in [0.15, 0.2) is 47.4 Å². The molecule has 27 heavy (non-hydrogen) atoms. The molecule has 0 bridgehead atoms. The zero-order valence-corrected chi connectivity index (χ0v) is 16.3. The number of carbonyl (C=O) groups excluding carboxylic acids is 1. The Balaban J connectivity index is 1.66. The molecule has 0 spiro atoms. The van der Waals surface area contributed by atoms with Crippen molar-refractivity contribution in [3.05, 3.63) is 53.6 Å². The second-order valence-electron chi connectivity index (χ2n) is 6.91. The molecule has 1 saturated heterocycles. The second-order valence-corrected chi connectivity index (χ2v) is 8.85. The smallest absolute Gasteiger partial charge is 0.243 e. The third kappa shape index (κ3) is 4.67. The van der Waals surface area contributed by atoms with Crippen molar-refractivity contribution in [3.63, 3.8) is 0 Å². The average molecular weight is 388 g/mol. The fraction of sp³-hybridized carbons (Fsp3) is 0.350. The van der Waals surface area contributed by atoms with Crippen LogP contribution in [0.4, 0.5) is 11.4 Å². The van der Waals surface area contributed by atoms with Crippen LogP contribution in [0.2, 0.25) is 0 Å². The highest BCUT2D eigenvalue weighted by Crippen LogP contribution is 2.22. The molecule has 1 aliphatic rings. The Morgan fingerprint density at radius 2 is 1.74 bits per heavy atom. The highest BCUT2D eigenvalue weighted by molar-refractivity contribution is 7.89. The number of piperidine rings is 1. The number of hydrogen-bond acceptors (Lipinski definition) is 4. The van der Waals surface area contributed by atoms with E-state index in [-0.39, 0.29) is 17.2 Å². The summed E-state index contributed by atoms with van der Waals surface area (Å²) in [7, 11) is -3.45. The number of nitrogens with two attached hydrogens (primary N) is 1. The molecule has 1 aliphatic heterocycles. The van der Waals surface area contributed by atoms with Crippen molar-refractivity contribution in [1.29, 1.82) is 0 Å². The first-order valence-electron chi connectivity index (χ1n) is 9.11. The third-order valence-corrected chi connectivity index (χ3v) is 6.69. The van der Waals surface area contributed by atoms with E-state index in [2.05, 4.69) is 5.32 Å². The number of rotatable bonds is 5. The fourth-order valence-corrected chi connectivity index (χ4v) is 4.70. The molecule has 1 amide bonds. The maximum atomic E-state index is 12.7. The maximum absolute atomic E-state index is 12.7. The van der Waals surface area contributed by atoms with E-state index in [4.69, 9.17) is 5.73 Å². The molecule has 6 nitrogen and oxygen atoms in total. The van der Waals surface area contributed by atoms with E-state index in [1.54, 1.807) is 40.7 Å². The van der Waals surface area contributed by atoms with E-state index in [1.807, 2.05) is 13.0 Å². The van der Waals surface area contributed by atoms with Crippen molar-refractivity contribution >= 4 is 27.3 Å². The summed E-state index contributed by atoms with van der Waals surface area (Å²) in [5.74, 6) is -0.171. The molecule has 0 atom stereocenters. The van der Waals surface area contributed by atoms with E-state index in [1.165, 1.54) is 0 Å². The van der Waals surface area contributed by atoms with E-state index in [0.717, 1.165) is 30.4 Å². The lowest BCUT2D eigenvalue weighted by atomic mass is 10.1. The molecule has 0 unspecified atom stereocenters. The van der Waals surface area contributed by atoms with Gasteiger partial charge in [-0.3, -0.25) is 4.79 Å². The van der Waals surface area contributed by atoms with Crippen molar-refractivity contribution in [1.82, 2.24) is 4.31 Å². The first kappa shape index (κ1) is 19.4. The van der Waals surface area contributed by atoms with Gasteiger partial charge in [-0.2, -0.15) is 4.31 Å². The summed E-state index contributed by atoms with van der Waals surface area (Å²) in [6.07, 6.45) is 3.05. The molecule has 7 heteroatoms. The van der Waals surface area contributed by atoms with E-state index in [9.17, 15) is 13.2 Å². The quantitative estimate of drug-likeness (QED) is 0.772. The molecular weight excluding hydrogens is 362 g/mol. The number of hydrogen-bond donors (Lipinski definition) is 2. The molecule has 0 aromatic heterocycles. The van der Waals surface area contributed by atoms with Crippen molar-refractivity contribution in [2.45, 2.75) is 37.5 Å². The molecule has 0 saturated carbocycles. The van der Waals surface area contributed by atoms with Crippen LogP contribution in [-0.4, -0.2) is 31.7 Å². The van der Waals surface area contributed by atoms with Gasteiger partial charge in [0.2, 0.25) is 15.9 Å². The molecule has 2 aromatic rings. The zero-order chi connectivity index (χ0) is 19.4. The summed E-state index contributed by atoms with van der Waals surface area (Å²) in [5, 5.41) is 2.85. The molecule has 3 N–H and O–H groups in total. The van der Waals surface area contributed by atoms with Gasteiger partial charge in [-0.05, 0) is 55.2 Å². The van der Waals surface area contributed by atoms with Gasteiger partial charge in [0.1, 0.15) is 0 Å². The summed E-state index contributed by atoms with van der Waals surface area (Å²) in [6, 6.07) is 11.9. The van der Waals surface area contributed by atoms with Crippen LogP contribution in [0.25, 0.3) is 0 Å². The first-order valence-corrected chi connectivity index (χ1v) is 10.6. The molecular formula is C20H25N3O3S. The van der Waals surface area contributed by atoms with Gasteiger partial charge in [-0.15, -0.1) is 0 Å². The van der Waals surface area contributed by atoms with Crippen molar-refractivity contribution < 1.29 is 13.2 Å². The molecule has 3 rings (SSSR count). The van der Waals surface area contributed by atoms with E-state index < -0.39 is 10.0 Å². The summed E-state index contributed by atoms with van der Waals surface area (Å²) in [4.78, 5) is 12.6. The maximum Gasteiger partial charge on any atom is 0.243 e. The Bertz CT molecular complexity index is 918. The van der Waals surface area contributed by atoms with Crippen molar-refractivity contribution in [2.24, 2.45) is 0 Å². The van der Waals surface area contributed by atoms with Gasteiger partial charge in [-0.1, -0.05) is 24.6 Å². The lowest BCUT2D eigenvalue weighted by Gasteiger charge is -2.25. The predicted octanol–water partition coefficient (Wildman–Crippen LogP) is 2.93. The number of carbonyl (C=O) groups is 1. The molecule has 1 heterocycles. The number of anilines is 2. The van der Waals surface area contributed by atoms with Gasteiger partial charge >= 0.3 is 0 Å². The number of nitrogens with one attached hydrogen (secondary N) is 1. The SMILES string of the molecule is Cc1ccc(N)cc1NC(=O)Cc1ccc(S(=O)(=O)N2CCCCC2)cc1. The van der Waals surface area contributed by atoms with Crippen LogP contribution in [0.1, 0.15) is 30.4 Å². The molecule has 0 aliphatic carbocycles. The minimum atomic E-state index is -3.45. The zero-order valence-electron chi connectivity index (χ0n) is 15.4. The Labute approximate surface area is 160 Å². The summed E-state index contributed by atoms with van der Waals surface area (Å²) < 4.78 is 26.9. The molecule has 144 valence electrons. The number of sulfonamides is 1. The van der Waals surface area contributed by atoms with Gasteiger partial charge in [0.05, 0.1) is 11.3 Å². The Hall–Kier alpha value is -2.38. The Morgan fingerprint density at radius 3 is 2.41 bits per heavy atom.